The second-order valence-corrected chi connectivity index (χ2v) is 8.77. The summed E-state index contributed by atoms with van der Waals surface area (Å²) in [6.45, 7) is 3.37. The summed E-state index contributed by atoms with van der Waals surface area (Å²) < 4.78 is 5.92. The lowest BCUT2D eigenvalue weighted by atomic mass is 9.84. The van der Waals surface area contributed by atoms with Gasteiger partial charge >= 0.3 is 0 Å². The molecule has 2 amide bonds. The van der Waals surface area contributed by atoms with Crippen molar-refractivity contribution >= 4 is 22.9 Å². The zero-order valence-electron chi connectivity index (χ0n) is 17.7. The molecule has 1 saturated heterocycles. The molecule has 2 fully saturated rings. The van der Waals surface area contributed by atoms with Crippen molar-refractivity contribution in [1.29, 1.82) is 0 Å². The summed E-state index contributed by atoms with van der Waals surface area (Å²) in [6, 6.07) is 15.6. The molecule has 1 unspecified atom stereocenters. The van der Waals surface area contributed by atoms with Crippen LogP contribution >= 0.6 is 0 Å². The van der Waals surface area contributed by atoms with E-state index in [4.69, 9.17) is 4.42 Å². The number of likely N-dealkylation sites (tertiary alicyclic amines) is 1. The maximum absolute atomic E-state index is 13.1. The Balaban J connectivity index is 1.24. The second kappa shape index (κ2) is 8.17. The van der Waals surface area contributed by atoms with Crippen LogP contribution in [0.25, 0.3) is 22.6 Å². The Hall–Kier alpha value is -3.15. The molecule has 1 atom stereocenters. The number of amides is 2. The highest BCUT2D eigenvalue weighted by Crippen LogP contribution is 2.29. The van der Waals surface area contributed by atoms with Crippen molar-refractivity contribution in [2.45, 2.75) is 38.6 Å². The molecule has 0 spiro atoms. The number of carbonyl (C=O) groups excluding carboxylic acids is 2. The number of benzene rings is 2. The van der Waals surface area contributed by atoms with Crippen molar-refractivity contribution in [3.05, 3.63) is 54.1 Å². The van der Waals surface area contributed by atoms with E-state index in [1.807, 2.05) is 54.3 Å². The van der Waals surface area contributed by atoms with E-state index in [2.05, 4.69) is 10.3 Å². The van der Waals surface area contributed by atoms with E-state index >= 15 is 0 Å². The number of carbonyl (C=O) groups is 2. The Morgan fingerprint density at radius 2 is 1.81 bits per heavy atom. The molecule has 31 heavy (non-hydrogen) atoms. The number of piperidine rings is 1. The number of nitrogens with zero attached hydrogens (tertiary/aromatic N) is 2. The van der Waals surface area contributed by atoms with E-state index in [9.17, 15) is 9.59 Å². The highest BCUT2D eigenvalue weighted by atomic mass is 16.3. The van der Waals surface area contributed by atoms with Crippen LogP contribution in [-0.2, 0) is 4.79 Å². The van der Waals surface area contributed by atoms with E-state index in [1.54, 1.807) is 6.07 Å². The minimum absolute atomic E-state index is 0.000183. The van der Waals surface area contributed by atoms with Gasteiger partial charge < -0.3 is 14.6 Å². The Labute approximate surface area is 181 Å². The first-order valence-corrected chi connectivity index (χ1v) is 11.1. The molecule has 0 bridgehead atoms. The summed E-state index contributed by atoms with van der Waals surface area (Å²) >= 11 is 0. The first-order valence-electron chi connectivity index (χ1n) is 11.1. The van der Waals surface area contributed by atoms with Crippen molar-refractivity contribution in [2.75, 3.05) is 13.1 Å². The van der Waals surface area contributed by atoms with E-state index in [0.29, 0.717) is 42.1 Å². The van der Waals surface area contributed by atoms with Gasteiger partial charge in [0.05, 0.1) is 0 Å². The van der Waals surface area contributed by atoms with E-state index < -0.39 is 0 Å². The first-order chi connectivity index (χ1) is 15.1. The third-order valence-corrected chi connectivity index (χ3v) is 6.53. The maximum atomic E-state index is 13.1. The summed E-state index contributed by atoms with van der Waals surface area (Å²) in [4.78, 5) is 31.8. The molecular formula is C25H27N3O3. The Kier molecular flexibility index (Phi) is 5.22. The standard InChI is InChI=1S/C25H27N3O3/c1-16(23(29)26-20-8-9-20)17-11-13-28(14-12-17)25(30)19-7-10-21-22(15-19)31-24(27-21)18-5-3-2-4-6-18/h2-7,10,15-17,20H,8-9,11-14H2,1H3,(H,26,29). The van der Waals surface area contributed by atoms with Crippen molar-refractivity contribution < 1.29 is 14.0 Å². The third kappa shape index (κ3) is 4.20. The highest BCUT2D eigenvalue weighted by Gasteiger charge is 2.32. The lowest BCUT2D eigenvalue weighted by Gasteiger charge is -2.34. The van der Waals surface area contributed by atoms with Gasteiger partial charge in [0.25, 0.3) is 5.91 Å². The molecule has 6 heteroatoms. The average Bonchev–Trinajstić information content (AvgIpc) is 3.52. The summed E-state index contributed by atoms with van der Waals surface area (Å²) in [5.41, 5.74) is 2.88. The summed E-state index contributed by atoms with van der Waals surface area (Å²) in [5, 5.41) is 3.11. The fourth-order valence-corrected chi connectivity index (χ4v) is 4.32. The summed E-state index contributed by atoms with van der Waals surface area (Å²) in [6.07, 6.45) is 3.92. The number of hydrogen-bond donors (Lipinski definition) is 1. The number of aromatic nitrogens is 1. The fraction of sp³-hybridized carbons (Fsp3) is 0.400. The van der Waals surface area contributed by atoms with Gasteiger partial charge in [-0.3, -0.25) is 9.59 Å². The SMILES string of the molecule is CC(C(=O)NC1CC1)C1CCN(C(=O)c2ccc3nc(-c4ccccc4)oc3c2)CC1. The Bertz CT molecular complexity index is 1100. The lowest BCUT2D eigenvalue weighted by Crippen LogP contribution is -2.43. The zero-order chi connectivity index (χ0) is 21.4. The average molecular weight is 418 g/mol. The van der Waals surface area contributed by atoms with Crippen LogP contribution in [-0.4, -0.2) is 40.8 Å². The van der Waals surface area contributed by atoms with Crippen LogP contribution in [0.4, 0.5) is 0 Å². The van der Waals surface area contributed by atoms with Gasteiger partial charge in [0.1, 0.15) is 5.52 Å². The zero-order valence-corrected chi connectivity index (χ0v) is 17.7. The molecular weight excluding hydrogens is 390 g/mol. The fourth-order valence-electron chi connectivity index (χ4n) is 4.32. The molecule has 1 aromatic heterocycles. The quantitative estimate of drug-likeness (QED) is 0.673. The van der Waals surface area contributed by atoms with Crippen molar-refractivity contribution in [2.24, 2.45) is 11.8 Å². The number of oxazole rings is 1. The van der Waals surface area contributed by atoms with Crippen LogP contribution in [0.15, 0.2) is 52.9 Å². The molecule has 5 rings (SSSR count). The molecule has 2 heterocycles. The smallest absolute Gasteiger partial charge is 0.253 e. The number of rotatable bonds is 5. The Morgan fingerprint density at radius 1 is 1.06 bits per heavy atom. The van der Waals surface area contributed by atoms with Crippen LogP contribution < -0.4 is 5.32 Å². The molecule has 1 aliphatic carbocycles. The molecule has 2 aromatic carbocycles. The minimum Gasteiger partial charge on any atom is -0.436 e. The van der Waals surface area contributed by atoms with Crippen LogP contribution in [0.1, 0.15) is 43.0 Å². The largest absolute Gasteiger partial charge is 0.436 e. The van der Waals surface area contributed by atoms with Crippen molar-refractivity contribution in [3.63, 3.8) is 0 Å². The molecule has 2 aliphatic rings. The van der Waals surface area contributed by atoms with Gasteiger partial charge in [-0.25, -0.2) is 4.98 Å². The third-order valence-electron chi connectivity index (χ3n) is 6.53. The second-order valence-electron chi connectivity index (χ2n) is 8.77. The number of fused-ring (bicyclic) bond motifs is 1. The van der Waals surface area contributed by atoms with Gasteiger partial charge in [-0.15, -0.1) is 0 Å². The molecule has 1 saturated carbocycles. The van der Waals surface area contributed by atoms with Gasteiger partial charge in [0.2, 0.25) is 11.8 Å². The molecule has 1 aliphatic heterocycles. The van der Waals surface area contributed by atoms with Gasteiger partial charge in [-0.05, 0) is 61.9 Å². The molecule has 3 aromatic rings. The highest BCUT2D eigenvalue weighted by molar-refractivity contribution is 5.97. The van der Waals surface area contributed by atoms with Crippen molar-refractivity contribution in [3.8, 4) is 11.5 Å². The monoisotopic (exact) mass is 417 g/mol. The normalized spacial score (nSPS) is 18.2. The predicted molar refractivity (Wildman–Crippen MR) is 118 cm³/mol. The molecule has 1 N–H and O–H groups in total. The number of hydrogen-bond acceptors (Lipinski definition) is 4. The van der Waals surface area contributed by atoms with E-state index in [-0.39, 0.29) is 17.7 Å². The molecule has 160 valence electrons. The maximum Gasteiger partial charge on any atom is 0.253 e. The lowest BCUT2D eigenvalue weighted by molar-refractivity contribution is -0.126. The van der Waals surface area contributed by atoms with Crippen LogP contribution in [0.5, 0.6) is 0 Å². The minimum atomic E-state index is -0.000183. The topological polar surface area (TPSA) is 75.4 Å². The van der Waals surface area contributed by atoms with Gasteiger partial charge in [0, 0.05) is 36.2 Å². The van der Waals surface area contributed by atoms with Crippen molar-refractivity contribution in [1.82, 2.24) is 15.2 Å². The van der Waals surface area contributed by atoms with Gasteiger partial charge in [-0.1, -0.05) is 25.1 Å². The summed E-state index contributed by atoms with van der Waals surface area (Å²) in [5.74, 6) is 1.05. The molecule has 0 radical (unpaired) electrons. The van der Waals surface area contributed by atoms with Crippen LogP contribution in [0, 0.1) is 11.8 Å². The Morgan fingerprint density at radius 3 is 2.52 bits per heavy atom. The number of nitrogens with one attached hydrogen (secondary N) is 1. The summed E-state index contributed by atoms with van der Waals surface area (Å²) in [7, 11) is 0. The van der Waals surface area contributed by atoms with Crippen LogP contribution in [0.2, 0.25) is 0 Å². The van der Waals surface area contributed by atoms with Gasteiger partial charge in [-0.2, -0.15) is 0 Å². The first kappa shape index (κ1) is 19.8. The molecule has 6 nitrogen and oxygen atoms in total. The van der Waals surface area contributed by atoms with E-state index in [0.717, 1.165) is 36.8 Å². The van der Waals surface area contributed by atoms with Crippen LogP contribution in [0.3, 0.4) is 0 Å². The van der Waals surface area contributed by atoms with Gasteiger partial charge in [0.15, 0.2) is 5.58 Å². The van der Waals surface area contributed by atoms with E-state index in [1.165, 1.54) is 0 Å². The predicted octanol–water partition coefficient (Wildman–Crippen LogP) is 4.26.